The van der Waals surface area contributed by atoms with Gasteiger partial charge in [0.25, 0.3) is 5.91 Å². The molecule has 1 N–H and O–H groups in total. The van der Waals surface area contributed by atoms with Gasteiger partial charge in [-0.25, -0.2) is 4.39 Å². The van der Waals surface area contributed by atoms with E-state index in [1.807, 2.05) is 0 Å². The second kappa shape index (κ2) is 6.49. The van der Waals surface area contributed by atoms with Crippen LogP contribution in [0.3, 0.4) is 0 Å². The molecule has 4 nitrogen and oxygen atoms in total. The highest BCUT2D eigenvalue weighted by Gasteiger charge is 2.15. The summed E-state index contributed by atoms with van der Waals surface area (Å²) in [5.41, 5.74) is 0.313. The predicted molar refractivity (Wildman–Crippen MR) is 67.7 cm³/mol. The van der Waals surface area contributed by atoms with Gasteiger partial charge in [-0.2, -0.15) is 0 Å². The maximum Gasteiger partial charge on any atom is 0.307 e. The molecule has 1 aromatic rings. The number of halogens is 2. The quantitative estimate of drug-likeness (QED) is 0.867. The molecule has 0 fully saturated rings. The first-order valence-corrected chi connectivity index (χ1v) is 6.06. The van der Waals surface area contributed by atoms with Gasteiger partial charge in [0.05, 0.1) is 19.1 Å². The Bertz CT molecular complexity index is 465. The van der Waals surface area contributed by atoms with Crippen LogP contribution in [-0.2, 0) is 9.53 Å². The van der Waals surface area contributed by atoms with Crippen LogP contribution in [0.4, 0.5) is 4.39 Å². The first kappa shape index (κ1) is 14.6. The molecule has 0 aliphatic heterocycles. The van der Waals surface area contributed by atoms with E-state index in [0.717, 1.165) is 0 Å². The van der Waals surface area contributed by atoms with Crippen molar-refractivity contribution < 1.29 is 18.7 Å². The van der Waals surface area contributed by atoms with E-state index in [1.165, 1.54) is 25.3 Å². The molecule has 0 radical (unpaired) electrons. The summed E-state index contributed by atoms with van der Waals surface area (Å²) in [5, 5.41) is 2.63. The van der Waals surface area contributed by atoms with Gasteiger partial charge in [0.1, 0.15) is 5.82 Å². The molecule has 1 rings (SSSR count). The zero-order valence-electron chi connectivity index (χ0n) is 10.00. The Morgan fingerprint density at radius 3 is 2.72 bits per heavy atom. The van der Waals surface area contributed by atoms with E-state index in [0.29, 0.717) is 10.0 Å². The number of benzene rings is 1. The van der Waals surface area contributed by atoms with E-state index in [1.54, 1.807) is 6.92 Å². The smallest absolute Gasteiger partial charge is 0.307 e. The lowest BCUT2D eigenvalue weighted by Gasteiger charge is -2.13. The lowest BCUT2D eigenvalue weighted by atomic mass is 10.1. The van der Waals surface area contributed by atoms with Crippen LogP contribution in [0, 0.1) is 5.82 Å². The first-order chi connectivity index (χ1) is 8.43. The van der Waals surface area contributed by atoms with Crippen LogP contribution in [0.2, 0.25) is 0 Å². The molecule has 1 amide bonds. The van der Waals surface area contributed by atoms with Gasteiger partial charge in [-0.1, -0.05) is 0 Å². The Hall–Kier alpha value is -1.43. The van der Waals surface area contributed by atoms with Crippen LogP contribution in [0.25, 0.3) is 0 Å². The molecule has 0 heterocycles. The highest BCUT2D eigenvalue weighted by molar-refractivity contribution is 9.10. The molecular weight excluding hydrogens is 305 g/mol. The zero-order chi connectivity index (χ0) is 13.7. The molecule has 0 spiro atoms. The normalized spacial score (nSPS) is 11.8. The maximum atomic E-state index is 12.9. The third-order valence-corrected chi connectivity index (χ3v) is 2.91. The second-order valence-corrected chi connectivity index (χ2v) is 4.63. The Morgan fingerprint density at radius 2 is 2.17 bits per heavy atom. The summed E-state index contributed by atoms with van der Waals surface area (Å²) in [7, 11) is 1.29. The molecule has 0 bridgehead atoms. The molecule has 6 heteroatoms. The lowest BCUT2D eigenvalue weighted by molar-refractivity contribution is -0.141. The Balaban J connectivity index is 2.67. The average molecular weight is 318 g/mol. The minimum absolute atomic E-state index is 0.0844. The number of ether oxygens (including phenoxy) is 1. The number of carbonyl (C=O) groups is 2. The molecule has 1 atom stereocenters. The SMILES string of the molecule is COC(=O)CC(C)NC(=O)c1ccc(F)cc1Br. The van der Waals surface area contributed by atoms with Gasteiger partial charge in [-0.05, 0) is 41.1 Å². The van der Waals surface area contributed by atoms with Crippen LogP contribution < -0.4 is 5.32 Å². The molecule has 0 aliphatic carbocycles. The van der Waals surface area contributed by atoms with E-state index in [9.17, 15) is 14.0 Å². The number of esters is 1. The van der Waals surface area contributed by atoms with Crippen molar-refractivity contribution in [3.05, 3.63) is 34.1 Å². The van der Waals surface area contributed by atoms with Crippen LogP contribution in [0.1, 0.15) is 23.7 Å². The van der Waals surface area contributed by atoms with Crippen molar-refractivity contribution in [3.8, 4) is 0 Å². The van der Waals surface area contributed by atoms with Crippen molar-refractivity contribution in [3.63, 3.8) is 0 Å². The molecule has 0 aliphatic rings. The highest BCUT2D eigenvalue weighted by atomic mass is 79.9. The molecule has 0 saturated heterocycles. The Morgan fingerprint density at radius 1 is 1.50 bits per heavy atom. The van der Waals surface area contributed by atoms with Crippen molar-refractivity contribution in [1.29, 1.82) is 0 Å². The summed E-state index contributed by atoms with van der Waals surface area (Å²) in [5.74, 6) is -1.21. The minimum atomic E-state index is -0.430. The second-order valence-electron chi connectivity index (χ2n) is 3.78. The summed E-state index contributed by atoms with van der Waals surface area (Å²) in [6, 6.07) is 3.42. The third-order valence-electron chi connectivity index (χ3n) is 2.25. The monoisotopic (exact) mass is 317 g/mol. The fourth-order valence-corrected chi connectivity index (χ4v) is 1.89. The van der Waals surface area contributed by atoms with Crippen LogP contribution in [-0.4, -0.2) is 25.0 Å². The molecule has 18 heavy (non-hydrogen) atoms. The summed E-state index contributed by atoms with van der Waals surface area (Å²) < 4.78 is 17.7. The van der Waals surface area contributed by atoms with Crippen LogP contribution in [0.15, 0.2) is 22.7 Å². The topological polar surface area (TPSA) is 55.4 Å². The predicted octanol–water partition coefficient (Wildman–Crippen LogP) is 2.27. The van der Waals surface area contributed by atoms with Gasteiger partial charge in [0.15, 0.2) is 0 Å². The summed E-state index contributed by atoms with van der Waals surface area (Å²) in [6.07, 6.45) is 0.0844. The number of hydrogen-bond acceptors (Lipinski definition) is 3. The summed E-state index contributed by atoms with van der Waals surface area (Å²) >= 11 is 3.11. The van der Waals surface area contributed by atoms with Crippen molar-refractivity contribution in [2.45, 2.75) is 19.4 Å². The largest absolute Gasteiger partial charge is 0.469 e. The van der Waals surface area contributed by atoms with E-state index >= 15 is 0 Å². The van der Waals surface area contributed by atoms with E-state index < -0.39 is 11.8 Å². The van der Waals surface area contributed by atoms with Crippen molar-refractivity contribution in [1.82, 2.24) is 5.32 Å². The number of hydrogen-bond donors (Lipinski definition) is 1. The van der Waals surface area contributed by atoms with Crippen LogP contribution >= 0.6 is 15.9 Å². The van der Waals surface area contributed by atoms with Gasteiger partial charge >= 0.3 is 5.97 Å². The summed E-state index contributed by atoms with van der Waals surface area (Å²) in [6.45, 7) is 1.69. The van der Waals surface area contributed by atoms with Crippen molar-refractivity contribution in [2.75, 3.05) is 7.11 Å². The Labute approximate surface area is 113 Å². The van der Waals surface area contributed by atoms with Gasteiger partial charge in [-0.3, -0.25) is 9.59 Å². The Kier molecular flexibility index (Phi) is 5.27. The van der Waals surface area contributed by atoms with E-state index in [2.05, 4.69) is 26.0 Å². The first-order valence-electron chi connectivity index (χ1n) is 5.26. The van der Waals surface area contributed by atoms with Crippen LogP contribution in [0.5, 0.6) is 0 Å². The third kappa shape index (κ3) is 4.10. The number of amides is 1. The molecule has 1 aromatic carbocycles. The minimum Gasteiger partial charge on any atom is -0.469 e. The number of rotatable bonds is 4. The average Bonchev–Trinajstić information content (AvgIpc) is 2.28. The van der Waals surface area contributed by atoms with E-state index in [4.69, 9.17) is 0 Å². The molecule has 1 unspecified atom stereocenters. The van der Waals surface area contributed by atoms with Crippen molar-refractivity contribution >= 4 is 27.8 Å². The van der Waals surface area contributed by atoms with Gasteiger partial charge in [0.2, 0.25) is 0 Å². The fourth-order valence-electron chi connectivity index (χ4n) is 1.36. The standard InChI is InChI=1S/C12H13BrFNO3/c1-7(5-11(16)18-2)15-12(17)9-4-3-8(14)6-10(9)13/h3-4,6-7H,5H2,1-2H3,(H,15,17). The van der Waals surface area contributed by atoms with Gasteiger partial charge in [-0.15, -0.1) is 0 Å². The summed E-state index contributed by atoms with van der Waals surface area (Å²) in [4.78, 5) is 22.9. The lowest BCUT2D eigenvalue weighted by Crippen LogP contribution is -2.34. The fraction of sp³-hybridized carbons (Fsp3) is 0.333. The molecule has 0 aromatic heterocycles. The number of carbonyl (C=O) groups excluding carboxylic acids is 2. The zero-order valence-corrected chi connectivity index (χ0v) is 11.6. The van der Waals surface area contributed by atoms with Gasteiger partial charge in [0, 0.05) is 10.5 Å². The van der Waals surface area contributed by atoms with Gasteiger partial charge < -0.3 is 10.1 Å². The number of nitrogens with one attached hydrogen (secondary N) is 1. The van der Waals surface area contributed by atoms with Crippen molar-refractivity contribution in [2.24, 2.45) is 0 Å². The maximum absolute atomic E-state index is 12.9. The molecule has 98 valence electrons. The highest BCUT2D eigenvalue weighted by Crippen LogP contribution is 2.18. The molecule has 0 saturated carbocycles. The number of methoxy groups -OCH3 is 1. The van der Waals surface area contributed by atoms with E-state index in [-0.39, 0.29) is 18.4 Å². The molecular formula is C12H13BrFNO3.